The molecule has 0 fully saturated rings. The van der Waals surface area contributed by atoms with Crippen LogP contribution in [0, 0.1) is 22.3 Å². The smallest absolute Gasteiger partial charge is 1.00 e. The number of halogens is 2. The number of rotatable bonds is 0. The zero-order chi connectivity index (χ0) is 0. The number of hydrogen-bond acceptors (Lipinski definition) is 0. The van der Waals surface area contributed by atoms with Crippen LogP contribution in [0.5, 0.6) is 0 Å². The van der Waals surface area contributed by atoms with Crippen molar-refractivity contribution in [1.82, 2.24) is 0 Å². The first-order valence-corrected chi connectivity index (χ1v) is 0. The van der Waals surface area contributed by atoms with Crippen molar-refractivity contribution in [3.63, 3.8) is 0 Å². The maximum Gasteiger partial charge on any atom is 5.00 e. The Morgan fingerprint density at radius 3 is 0.500 bits per heavy atom. The average molecular weight is 297 g/mol. The molecule has 0 aromatic heterocycles. The third-order valence-corrected chi connectivity index (χ3v) is 0. The van der Waals surface area contributed by atoms with E-state index in [0.717, 1.165) is 0 Å². The van der Waals surface area contributed by atoms with Crippen molar-refractivity contribution in [3.8, 4) is 0 Å². The Labute approximate surface area is 69.4 Å². The molecule has 0 saturated heterocycles. The summed E-state index contributed by atoms with van der Waals surface area (Å²) in [6.45, 7) is 0. The predicted molar refractivity (Wildman–Crippen MR) is 19.2 cm³/mol. The molecule has 0 heterocycles. The van der Waals surface area contributed by atoms with Gasteiger partial charge in [0, 0.05) is 0 Å². The molecular weight excluding hydrogens is 288 g/mol. The van der Waals surface area contributed by atoms with Crippen LogP contribution >= 0.6 is 0 Å². The monoisotopic (exact) mass is 296 g/mol. The first-order valence-electron chi connectivity index (χ1n) is 0. The van der Waals surface area contributed by atoms with Crippen molar-refractivity contribution in [1.29, 1.82) is 0 Å². The Bertz CT molecular complexity index is 8.75. The topological polar surface area (TPSA) is 0 Å². The Balaban J connectivity index is 0. The molecular formula is C3H9Cl2Ta. The molecule has 0 aliphatic heterocycles. The quantitative estimate of drug-likeness (QED) is 0.395. The number of hydrogen-bond donors (Lipinski definition) is 0. The Hall–Kier alpha value is 1.32. The van der Waals surface area contributed by atoms with E-state index < -0.39 is 0 Å². The van der Waals surface area contributed by atoms with Crippen LogP contribution in [0.1, 0.15) is 0 Å². The van der Waals surface area contributed by atoms with Gasteiger partial charge in [0.2, 0.25) is 0 Å². The average Bonchev–Trinajstić information content (AvgIpc) is 0. The standard InChI is InChI=1S/3CH3.2ClH.Ta/h3*1H3;2*1H;/q3*-1;;;+5/p-2. The van der Waals surface area contributed by atoms with Gasteiger partial charge < -0.3 is 47.1 Å². The minimum atomic E-state index is 0. The van der Waals surface area contributed by atoms with Crippen molar-refractivity contribution in [2.75, 3.05) is 0 Å². The molecule has 6 heavy (non-hydrogen) atoms. The van der Waals surface area contributed by atoms with Crippen LogP contribution in [0.4, 0.5) is 0 Å². The molecule has 40 valence electrons. The Kier molecular flexibility index (Phi) is 2870. The summed E-state index contributed by atoms with van der Waals surface area (Å²) < 4.78 is 0. The van der Waals surface area contributed by atoms with Crippen LogP contribution in [0.3, 0.4) is 0 Å². The molecule has 0 bridgehead atoms. The fraction of sp³-hybridized carbons (Fsp3) is 0. The molecule has 0 rings (SSSR count). The first kappa shape index (κ1) is 168. The van der Waals surface area contributed by atoms with Gasteiger partial charge in [-0.05, 0) is 0 Å². The Morgan fingerprint density at radius 2 is 0.500 bits per heavy atom. The predicted octanol–water partition coefficient (Wildman–Crippen LogP) is -4.64. The summed E-state index contributed by atoms with van der Waals surface area (Å²) in [7, 11) is 0. The van der Waals surface area contributed by atoms with Crippen LogP contribution in [0.2, 0.25) is 0 Å². The largest absolute Gasteiger partial charge is 5.00 e. The maximum absolute atomic E-state index is 0. The molecule has 0 aliphatic carbocycles. The van der Waals surface area contributed by atoms with Gasteiger partial charge in [0.25, 0.3) is 0 Å². The van der Waals surface area contributed by atoms with E-state index in [1.807, 2.05) is 0 Å². The molecule has 0 aliphatic rings. The second-order valence-corrected chi connectivity index (χ2v) is 0. The van der Waals surface area contributed by atoms with E-state index >= 15 is 0 Å². The van der Waals surface area contributed by atoms with Gasteiger partial charge in [0.15, 0.2) is 0 Å². The molecule has 0 saturated carbocycles. The zero-order valence-electron chi connectivity index (χ0n) is 4.20. The van der Waals surface area contributed by atoms with Gasteiger partial charge in [-0.2, -0.15) is 0 Å². The van der Waals surface area contributed by atoms with E-state index in [0.29, 0.717) is 0 Å². The Morgan fingerprint density at radius 1 is 0.500 bits per heavy atom. The molecule has 0 N–H and O–H groups in total. The summed E-state index contributed by atoms with van der Waals surface area (Å²) >= 11 is 0. The second-order valence-electron chi connectivity index (χ2n) is 0. The summed E-state index contributed by atoms with van der Waals surface area (Å²) in [5.74, 6) is 0. The van der Waals surface area contributed by atoms with E-state index in [4.69, 9.17) is 0 Å². The molecule has 0 nitrogen and oxygen atoms in total. The summed E-state index contributed by atoms with van der Waals surface area (Å²) in [5.41, 5.74) is 0. The summed E-state index contributed by atoms with van der Waals surface area (Å²) in [4.78, 5) is 0. The van der Waals surface area contributed by atoms with E-state index in [1.54, 1.807) is 0 Å². The van der Waals surface area contributed by atoms with Gasteiger partial charge in [-0.1, -0.05) is 0 Å². The van der Waals surface area contributed by atoms with Gasteiger partial charge in [-0.15, -0.1) is 0 Å². The summed E-state index contributed by atoms with van der Waals surface area (Å²) in [5, 5.41) is 0. The molecule has 3 heteroatoms. The third kappa shape index (κ3) is 57.0. The first-order chi connectivity index (χ1) is 0. The minimum absolute atomic E-state index is 0. The van der Waals surface area contributed by atoms with Gasteiger partial charge >= 0.3 is 22.4 Å². The van der Waals surface area contributed by atoms with Crippen molar-refractivity contribution in [3.05, 3.63) is 22.3 Å². The van der Waals surface area contributed by atoms with E-state index in [9.17, 15) is 0 Å². The van der Waals surface area contributed by atoms with Crippen molar-refractivity contribution < 1.29 is 47.2 Å². The molecule has 0 radical (unpaired) electrons. The van der Waals surface area contributed by atoms with Crippen LogP contribution in [-0.4, -0.2) is 0 Å². The molecule has 0 amide bonds. The molecule has 0 unspecified atom stereocenters. The summed E-state index contributed by atoms with van der Waals surface area (Å²) in [6, 6.07) is 0. The van der Waals surface area contributed by atoms with E-state index in [-0.39, 0.29) is 69.5 Å². The third-order valence-electron chi connectivity index (χ3n) is 0. The SMILES string of the molecule is [CH3-].[CH3-].[CH3-].[Cl-].[Cl-].[Ta+5]. The van der Waals surface area contributed by atoms with Gasteiger partial charge in [-0.25, -0.2) is 0 Å². The van der Waals surface area contributed by atoms with Crippen LogP contribution < -0.4 is 24.8 Å². The normalized spacial score (nSPS) is 0. The molecule has 0 spiro atoms. The van der Waals surface area contributed by atoms with Gasteiger partial charge in [0.05, 0.1) is 0 Å². The molecule has 0 aromatic carbocycles. The minimum Gasteiger partial charge on any atom is -1.00 e. The van der Waals surface area contributed by atoms with Crippen molar-refractivity contribution in [2.24, 2.45) is 0 Å². The van der Waals surface area contributed by atoms with Crippen LogP contribution in [0.25, 0.3) is 0 Å². The maximum atomic E-state index is 0. The van der Waals surface area contributed by atoms with Crippen molar-refractivity contribution >= 4 is 0 Å². The van der Waals surface area contributed by atoms with Gasteiger partial charge in [0.1, 0.15) is 0 Å². The molecule has 0 atom stereocenters. The second kappa shape index (κ2) is 103. The van der Waals surface area contributed by atoms with Crippen molar-refractivity contribution in [2.45, 2.75) is 0 Å². The van der Waals surface area contributed by atoms with E-state index in [1.165, 1.54) is 0 Å². The van der Waals surface area contributed by atoms with Crippen LogP contribution in [-0.2, 0) is 22.4 Å². The fourth-order valence-electron chi connectivity index (χ4n) is 0. The fourth-order valence-corrected chi connectivity index (χ4v) is 0. The van der Waals surface area contributed by atoms with E-state index in [2.05, 4.69) is 0 Å². The van der Waals surface area contributed by atoms with Gasteiger partial charge in [-0.3, -0.25) is 0 Å². The van der Waals surface area contributed by atoms with Crippen LogP contribution in [0.15, 0.2) is 0 Å². The molecule has 0 aromatic rings. The summed E-state index contributed by atoms with van der Waals surface area (Å²) in [6.07, 6.45) is 0. The zero-order valence-corrected chi connectivity index (χ0v) is 8.93.